The molecule has 6 heteroatoms. The van der Waals surface area contributed by atoms with Crippen molar-refractivity contribution in [2.45, 2.75) is 38.5 Å². The number of rotatable bonds is 5. The van der Waals surface area contributed by atoms with E-state index in [0.717, 1.165) is 19.3 Å². The number of Topliss-reactive ketones (excluding diaryl/α,β-unsaturated/α-hetero) is 1. The third-order valence-corrected chi connectivity index (χ3v) is 6.28. The Morgan fingerprint density at radius 3 is 2.04 bits per heavy atom. The van der Waals surface area contributed by atoms with E-state index in [1.54, 1.807) is 0 Å². The summed E-state index contributed by atoms with van der Waals surface area (Å²) < 4.78 is 5.22. The van der Waals surface area contributed by atoms with Gasteiger partial charge in [-0.2, -0.15) is 0 Å². The summed E-state index contributed by atoms with van der Waals surface area (Å²) in [7, 11) is 0. The van der Waals surface area contributed by atoms with Crippen molar-refractivity contribution in [3.63, 3.8) is 0 Å². The molecular formula is C19H21NO5. The number of hydrogen-bond donors (Lipinski definition) is 0. The molecule has 4 bridgehead atoms. The van der Waals surface area contributed by atoms with Crippen molar-refractivity contribution in [2.24, 2.45) is 23.2 Å². The van der Waals surface area contributed by atoms with Crippen LogP contribution in [0.5, 0.6) is 0 Å². The van der Waals surface area contributed by atoms with E-state index in [-0.39, 0.29) is 29.1 Å². The number of ketones is 1. The van der Waals surface area contributed by atoms with E-state index in [1.807, 2.05) is 0 Å². The molecule has 5 rings (SSSR count). The van der Waals surface area contributed by atoms with Crippen LogP contribution in [0.1, 0.15) is 48.9 Å². The monoisotopic (exact) mass is 343 g/mol. The third-order valence-electron chi connectivity index (χ3n) is 6.28. The van der Waals surface area contributed by atoms with Crippen molar-refractivity contribution in [2.75, 3.05) is 6.61 Å². The molecular weight excluding hydrogens is 322 g/mol. The lowest BCUT2D eigenvalue weighted by Gasteiger charge is -2.55. The average Bonchev–Trinajstić information content (AvgIpc) is 2.58. The predicted octanol–water partition coefficient (Wildman–Crippen LogP) is 3.54. The molecule has 0 amide bonds. The highest BCUT2D eigenvalue weighted by Crippen LogP contribution is 2.60. The number of ether oxygens (including phenoxy) is 1. The molecule has 4 fully saturated rings. The molecule has 0 atom stereocenters. The van der Waals surface area contributed by atoms with Gasteiger partial charge in [0.25, 0.3) is 5.69 Å². The van der Waals surface area contributed by atoms with Crippen LogP contribution < -0.4 is 0 Å². The number of nitro groups is 1. The maximum absolute atomic E-state index is 12.8. The second-order valence-electron chi connectivity index (χ2n) is 8.00. The van der Waals surface area contributed by atoms with Gasteiger partial charge in [0.15, 0.2) is 12.4 Å². The SMILES string of the molecule is O=C(OCC(=O)C12CC3CC(CC(C3)C1)C2)c1ccc([N+](=O)[O-])cc1. The topological polar surface area (TPSA) is 86.5 Å². The van der Waals surface area contributed by atoms with Crippen LogP contribution in [0.15, 0.2) is 24.3 Å². The van der Waals surface area contributed by atoms with Crippen LogP contribution in [0.25, 0.3) is 0 Å². The minimum atomic E-state index is -0.604. The van der Waals surface area contributed by atoms with Crippen LogP contribution in [0.4, 0.5) is 5.69 Å². The lowest BCUT2D eigenvalue weighted by molar-refractivity contribution is -0.384. The molecule has 4 aliphatic carbocycles. The first kappa shape index (κ1) is 16.2. The number of non-ortho nitro benzene ring substituents is 1. The van der Waals surface area contributed by atoms with Crippen LogP contribution in [0, 0.1) is 33.3 Å². The normalized spacial score (nSPS) is 32.4. The van der Waals surface area contributed by atoms with E-state index in [2.05, 4.69) is 0 Å². The van der Waals surface area contributed by atoms with Gasteiger partial charge in [0.1, 0.15) is 0 Å². The summed E-state index contributed by atoms with van der Waals surface area (Å²) in [5.41, 5.74) is -0.130. The number of carbonyl (C=O) groups excluding carboxylic acids is 2. The fourth-order valence-corrected chi connectivity index (χ4v) is 5.54. The molecule has 0 aromatic heterocycles. The Labute approximate surface area is 145 Å². The van der Waals surface area contributed by atoms with Gasteiger partial charge >= 0.3 is 5.97 Å². The van der Waals surface area contributed by atoms with Crippen molar-refractivity contribution in [1.29, 1.82) is 0 Å². The molecule has 0 unspecified atom stereocenters. The minimum Gasteiger partial charge on any atom is -0.454 e. The molecule has 0 aliphatic heterocycles. The lowest BCUT2D eigenvalue weighted by Crippen LogP contribution is -2.51. The Morgan fingerprint density at radius 1 is 1.04 bits per heavy atom. The predicted molar refractivity (Wildman–Crippen MR) is 89.0 cm³/mol. The Kier molecular flexibility index (Phi) is 3.85. The summed E-state index contributed by atoms with van der Waals surface area (Å²) in [5, 5.41) is 10.6. The molecule has 1 aromatic rings. The summed E-state index contributed by atoms with van der Waals surface area (Å²) in [5.74, 6) is 1.46. The number of hydrogen-bond acceptors (Lipinski definition) is 5. The second kappa shape index (κ2) is 5.93. The maximum atomic E-state index is 12.8. The van der Waals surface area contributed by atoms with Gasteiger partial charge in [-0.3, -0.25) is 14.9 Å². The number of nitro benzene ring substituents is 1. The number of esters is 1. The van der Waals surface area contributed by atoms with Gasteiger partial charge in [-0.1, -0.05) is 0 Å². The largest absolute Gasteiger partial charge is 0.454 e. The van der Waals surface area contributed by atoms with Crippen LogP contribution in [0.3, 0.4) is 0 Å². The molecule has 0 heterocycles. The van der Waals surface area contributed by atoms with Crippen LogP contribution >= 0.6 is 0 Å². The minimum absolute atomic E-state index is 0.0573. The summed E-state index contributed by atoms with van der Waals surface area (Å²) in [6.07, 6.45) is 6.63. The highest BCUT2D eigenvalue weighted by Gasteiger charge is 2.54. The second-order valence-corrected chi connectivity index (χ2v) is 8.00. The molecule has 1 aromatic carbocycles. The quantitative estimate of drug-likeness (QED) is 0.464. The molecule has 6 nitrogen and oxygen atoms in total. The van der Waals surface area contributed by atoms with Gasteiger partial charge in [-0.25, -0.2) is 4.79 Å². The van der Waals surface area contributed by atoms with E-state index >= 15 is 0 Å². The van der Waals surface area contributed by atoms with Crippen LogP contribution in [0.2, 0.25) is 0 Å². The fraction of sp³-hybridized carbons (Fsp3) is 0.579. The molecule has 0 radical (unpaired) electrons. The maximum Gasteiger partial charge on any atom is 0.338 e. The summed E-state index contributed by atoms with van der Waals surface area (Å²) in [4.78, 5) is 35.0. The lowest BCUT2D eigenvalue weighted by atomic mass is 9.48. The average molecular weight is 343 g/mol. The van der Waals surface area contributed by atoms with Gasteiger partial charge in [-0.05, 0) is 68.4 Å². The van der Waals surface area contributed by atoms with Crippen molar-refractivity contribution >= 4 is 17.4 Å². The van der Waals surface area contributed by atoms with Gasteiger partial charge in [0, 0.05) is 17.5 Å². The zero-order valence-corrected chi connectivity index (χ0v) is 14.0. The Bertz CT molecular complexity index is 689. The van der Waals surface area contributed by atoms with Crippen molar-refractivity contribution in [1.82, 2.24) is 0 Å². The highest BCUT2D eigenvalue weighted by atomic mass is 16.6. The van der Waals surface area contributed by atoms with E-state index in [0.29, 0.717) is 17.8 Å². The number of benzene rings is 1. The first-order valence-electron chi connectivity index (χ1n) is 8.90. The van der Waals surface area contributed by atoms with Crippen LogP contribution in [-0.4, -0.2) is 23.3 Å². The van der Waals surface area contributed by atoms with Crippen molar-refractivity contribution in [3.05, 3.63) is 39.9 Å². The van der Waals surface area contributed by atoms with Gasteiger partial charge in [-0.15, -0.1) is 0 Å². The van der Waals surface area contributed by atoms with Gasteiger partial charge in [0.2, 0.25) is 0 Å². The van der Waals surface area contributed by atoms with E-state index in [4.69, 9.17) is 4.74 Å². The molecule has 132 valence electrons. The standard InChI is InChI=1S/C19H21NO5/c21-17(19-8-12-5-13(9-19)7-14(6-12)10-19)11-25-18(22)15-1-3-16(4-2-15)20(23)24/h1-4,12-14H,5-11H2. The Balaban J connectivity index is 1.38. The van der Waals surface area contributed by atoms with Gasteiger partial charge < -0.3 is 4.74 Å². The third kappa shape index (κ3) is 2.94. The number of nitrogens with zero attached hydrogens (tertiary/aromatic N) is 1. The molecule has 0 saturated heterocycles. The zero-order chi connectivity index (χ0) is 17.6. The summed E-state index contributed by atoms with van der Waals surface area (Å²) in [6.45, 7) is -0.192. The Morgan fingerprint density at radius 2 is 1.56 bits per heavy atom. The van der Waals surface area contributed by atoms with Crippen molar-refractivity contribution < 1.29 is 19.2 Å². The molecule has 0 N–H and O–H groups in total. The molecule has 4 saturated carbocycles. The fourth-order valence-electron chi connectivity index (χ4n) is 5.54. The Hall–Kier alpha value is -2.24. The number of carbonyl (C=O) groups is 2. The smallest absolute Gasteiger partial charge is 0.338 e. The van der Waals surface area contributed by atoms with Crippen molar-refractivity contribution in [3.8, 4) is 0 Å². The summed E-state index contributed by atoms with van der Waals surface area (Å²) in [6, 6.07) is 5.24. The van der Waals surface area contributed by atoms with E-state index in [9.17, 15) is 19.7 Å². The van der Waals surface area contributed by atoms with E-state index in [1.165, 1.54) is 43.5 Å². The zero-order valence-electron chi connectivity index (χ0n) is 14.0. The molecule has 25 heavy (non-hydrogen) atoms. The molecule has 4 aliphatic rings. The van der Waals surface area contributed by atoms with Gasteiger partial charge in [0.05, 0.1) is 10.5 Å². The van der Waals surface area contributed by atoms with E-state index < -0.39 is 10.9 Å². The first-order chi connectivity index (χ1) is 11.9. The van der Waals surface area contributed by atoms with Crippen LogP contribution in [-0.2, 0) is 9.53 Å². The summed E-state index contributed by atoms with van der Waals surface area (Å²) >= 11 is 0. The first-order valence-corrected chi connectivity index (χ1v) is 8.90. The molecule has 0 spiro atoms. The highest BCUT2D eigenvalue weighted by molar-refractivity contribution is 5.93.